The molecule has 0 aliphatic rings. The summed E-state index contributed by atoms with van der Waals surface area (Å²) >= 11 is 11.9. The summed E-state index contributed by atoms with van der Waals surface area (Å²) in [4.78, 5) is 20.9. The lowest BCUT2D eigenvalue weighted by Crippen LogP contribution is -2.12. The minimum absolute atomic E-state index is 0.298. The van der Waals surface area contributed by atoms with Crippen LogP contribution in [0.15, 0.2) is 54.7 Å². The van der Waals surface area contributed by atoms with Gasteiger partial charge in [0.25, 0.3) is 5.91 Å². The highest BCUT2D eigenvalue weighted by Crippen LogP contribution is 2.24. The Kier molecular flexibility index (Phi) is 4.79. The molecule has 120 valence electrons. The summed E-state index contributed by atoms with van der Waals surface area (Å²) in [6.45, 7) is 1.83. The van der Waals surface area contributed by atoms with Gasteiger partial charge in [-0.05, 0) is 43.3 Å². The van der Waals surface area contributed by atoms with Crippen molar-refractivity contribution in [2.45, 2.75) is 6.92 Å². The van der Waals surface area contributed by atoms with Crippen molar-refractivity contribution >= 4 is 34.8 Å². The van der Waals surface area contributed by atoms with E-state index in [0.29, 0.717) is 27.1 Å². The van der Waals surface area contributed by atoms with E-state index >= 15 is 0 Å². The molecule has 3 aromatic rings. The molecule has 1 aromatic heterocycles. The summed E-state index contributed by atoms with van der Waals surface area (Å²) in [5, 5.41) is 3.63. The number of carbonyl (C=O) groups excluding carboxylic acids is 1. The van der Waals surface area contributed by atoms with Crippen LogP contribution < -0.4 is 5.32 Å². The molecule has 0 aliphatic heterocycles. The Labute approximate surface area is 149 Å². The number of hydrogen-bond acceptors (Lipinski definition) is 3. The Morgan fingerprint density at radius 2 is 1.92 bits per heavy atom. The number of carbonyl (C=O) groups is 1. The maximum Gasteiger partial charge on any atom is 0.257 e. The van der Waals surface area contributed by atoms with Gasteiger partial charge >= 0.3 is 0 Å². The molecule has 6 heteroatoms. The summed E-state index contributed by atoms with van der Waals surface area (Å²) in [6.07, 6.45) is 1.70. The van der Waals surface area contributed by atoms with Gasteiger partial charge in [-0.1, -0.05) is 35.3 Å². The molecule has 1 N–H and O–H groups in total. The van der Waals surface area contributed by atoms with Gasteiger partial charge in [-0.2, -0.15) is 0 Å². The lowest BCUT2D eigenvalue weighted by Gasteiger charge is -2.09. The van der Waals surface area contributed by atoms with Gasteiger partial charge in [0.05, 0.1) is 16.3 Å². The Balaban J connectivity index is 1.85. The summed E-state index contributed by atoms with van der Waals surface area (Å²) in [5.74, 6) is 0.391. The van der Waals surface area contributed by atoms with Crippen molar-refractivity contribution < 1.29 is 4.79 Å². The van der Waals surface area contributed by atoms with E-state index in [-0.39, 0.29) is 5.91 Å². The summed E-state index contributed by atoms with van der Waals surface area (Å²) < 4.78 is 0. The summed E-state index contributed by atoms with van der Waals surface area (Å²) in [6, 6.07) is 14.0. The van der Waals surface area contributed by atoms with Crippen LogP contribution in [-0.2, 0) is 0 Å². The fourth-order valence-electron chi connectivity index (χ4n) is 2.25. The van der Waals surface area contributed by atoms with E-state index in [2.05, 4.69) is 15.3 Å². The third-order valence-corrected chi connectivity index (χ3v) is 3.92. The molecule has 1 heterocycles. The molecule has 0 fully saturated rings. The van der Waals surface area contributed by atoms with Crippen molar-refractivity contribution in [1.29, 1.82) is 0 Å². The van der Waals surface area contributed by atoms with E-state index in [1.54, 1.807) is 24.4 Å². The molecule has 0 unspecified atom stereocenters. The summed E-state index contributed by atoms with van der Waals surface area (Å²) in [5.41, 5.74) is 2.70. The quantitative estimate of drug-likeness (QED) is 0.716. The summed E-state index contributed by atoms with van der Waals surface area (Å²) in [7, 11) is 0. The fourth-order valence-corrected chi connectivity index (χ4v) is 2.74. The van der Waals surface area contributed by atoms with Gasteiger partial charge in [-0.25, -0.2) is 9.97 Å². The molecule has 1 amide bonds. The Morgan fingerprint density at radius 1 is 1.08 bits per heavy atom. The number of rotatable bonds is 3. The van der Waals surface area contributed by atoms with Crippen molar-refractivity contribution in [3.8, 4) is 11.3 Å². The predicted octanol–water partition coefficient (Wildman–Crippen LogP) is 5.01. The van der Waals surface area contributed by atoms with Gasteiger partial charge in [0.1, 0.15) is 5.82 Å². The topological polar surface area (TPSA) is 54.9 Å². The number of nitrogens with one attached hydrogen (secondary N) is 1. The first-order valence-electron chi connectivity index (χ1n) is 7.19. The number of aromatic nitrogens is 2. The number of halogens is 2. The minimum atomic E-state index is -0.298. The van der Waals surface area contributed by atoms with E-state index < -0.39 is 0 Å². The highest BCUT2D eigenvalue weighted by Gasteiger charge is 2.11. The zero-order valence-electron chi connectivity index (χ0n) is 12.8. The second-order valence-corrected chi connectivity index (χ2v) is 5.99. The molecule has 0 aliphatic carbocycles. The third-order valence-electron chi connectivity index (χ3n) is 3.37. The van der Waals surface area contributed by atoms with Crippen LogP contribution in [0.3, 0.4) is 0 Å². The average molecular weight is 358 g/mol. The number of amides is 1. The lowest BCUT2D eigenvalue weighted by molar-refractivity contribution is 0.102. The third kappa shape index (κ3) is 3.72. The average Bonchev–Trinajstić information content (AvgIpc) is 2.55. The van der Waals surface area contributed by atoms with E-state index in [1.807, 2.05) is 31.2 Å². The maximum atomic E-state index is 12.4. The van der Waals surface area contributed by atoms with Gasteiger partial charge in [0.15, 0.2) is 0 Å². The number of anilines is 1. The maximum absolute atomic E-state index is 12.4. The highest BCUT2D eigenvalue weighted by molar-refractivity contribution is 6.37. The van der Waals surface area contributed by atoms with Gasteiger partial charge in [-0.15, -0.1) is 0 Å². The van der Waals surface area contributed by atoms with Crippen LogP contribution in [0.25, 0.3) is 11.3 Å². The smallest absolute Gasteiger partial charge is 0.257 e. The molecule has 0 spiro atoms. The van der Waals surface area contributed by atoms with Crippen molar-refractivity contribution in [3.63, 3.8) is 0 Å². The molecular formula is C18H13Cl2N3O. The second kappa shape index (κ2) is 6.99. The normalized spacial score (nSPS) is 10.5. The zero-order chi connectivity index (χ0) is 17.1. The molecule has 0 saturated carbocycles. The zero-order valence-corrected chi connectivity index (χ0v) is 14.3. The van der Waals surface area contributed by atoms with Gasteiger partial charge in [-0.3, -0.25) is 4.79 Å². The Morgan fingerprint density at radius 3 is 2.67 bits per heavy atom. The number of nitrogens with zero attached hydrogens (tertiary/aromatic N) is 2. The van der Waals surface area contributed by atoms with E-state index in [9.17, 15) is 4.79 Å². The first-order valence-corrected chi connectivity index (χ1v) is 7.95. The van der Waals surface area contributed by atoms with Crippen molar-refractivity contribution in [3.05, 3.63) is 76.2 Å². The number of aryl methyl sites for hydroxylation is 1. The van der Waals surface area contributed by atoms with Crippen molar-refractivity contribution in [2.75, 3.05) is 5.32 Å². The number of benzene rings is 2. The Bertz CT molecular complexity index is 912. The van der Waals surface area contributed by atoms with E-state index in [4.69, 9.17) is 23.2 Å². The first-order chi connectivity index (χ1) is 11.5. The highest BCUT2D eigenvalue weighted by atomic mass is 35.5. The van der Waals surface area contributed by atoms with Gasteiger partial charge in [0, 0.05) is 22.5 Å². The molecule has 0 radical (unpaired) electrons. The van der Waals surface area contributed by atoms with Crippen LogP contribution in [0.4, 0.5) is 5.69 Å². The van der Waals surface area contributed by atoms with Crippen molar-refractivity contribution in [2.24, 2.45) is 0 Å². The SMILES string of the molecule is Cc1nccc(-c2cccc(NC(=O)c3ccc(Cl)cc3Cl)c2)n1. The van der Waals surface area contributed by atoms with E-state index in [0.717, 1.165) is 11.3 Å². The van der Waals surface area contributed by atoms with Gasteiger partial charge in [0.2, 0.25) is 0 Å². The molecule has 0 bridgehead atoms. The van der Waals surface area contributed by atoms with Crippen LogP contribution >= 0.6 is 23.2 Å². The monoisotopic (exact) mass is 357 g/mol. The van der Waals surface area contributed by atoms with Crippen LogP contribution in [-0.4, -0.2) is 15.9 Å². The number of hydrogen-bond donors (Lipinski definition) is 1. The van der Waals surface area contributed by atoms with Crippen molar-refractivity contribution in [1.82, 2.24) is 9.97 Å². The molecular weight excluding hydrogens is 345 g/mol. The standard InChI is InChI=1S/C18H13Cl2N3O/c1-11-21-8-7-17(22-11)12-3-2-4-14(9-12)23-18(24)15-6-5-13(19)10-16(15)20/h2-10H,1H3,(H,23,24). The lowest BCUT2D eigenvalue weighted by atomic mass is 10.1. The van der Waals surface area contributed by atoms with E-state index in [1.165, 1.54) is 6.07 Å². The molecule has 4 nitrogen and oxygen atoms in total. The van der Waals surface area contributed by atoms with Crippen LogP contribution in [0, 0.1) is 6.92 Å². The molecule has 3 rings (SSSR count). The van der Waals surface area contributed by atoms with Crippen LogP contribution in [0.1, 0.15) is 16.2 Å². The van der Waals surface area contributed by atoms with Crippen LogP contribution in [0.5, 0.6) is 0 Å². The molecule has 24 heavy (non-hydrogen) atoms. The van der Waals surface area contributed by atoms with Crippen LogP contribution in [0.2, 0.25) is 10.0 Å². The molecule has 0 atom stereocenters. The fraction of sp³-hybridized carbons (Fsp3) is 0.0556. The molecule has 2 aromatic carbocycles. The first kappa shape index (κ1) is 16.4. The van der Waals surface area contributed by atoms with Gasteiger partial charge < -0.3 is 5.32 Å². The Hall–Kier alpha value is -2.43. The largest absolute Gasteiger partial charge is 0.322 e. The second-order valence-electron chi connectivity index (χ2n) is 5.15. The minimum Gasteiger partial charge on any atom is -0.322 e. The molecule has 0 saturated heterocycles. The predicted molar refractivity (Wildman–Crippen MR) is 96.6 cm³/mol.